The minimum Gasteiger partial charge on any atom is -0.342 e. The average molecular weight is 385 g/mol. The molecular formula is C20H20FN3O2S. The van der Waals surface area contributed by atoms with Crippen LogP contribution in [0, 0.1) is 5.82 Å². The summed E-state index contributed by atoms with van der Waals surface area (Å²) in [5.41, 5.74) is 1.67. The zero-order valence-electron chi connectivity index (χ0n) is 14.7. The van der Waals surface area contributed by atoms with Crippen molar-refractivity contribution in [3.8, 4) is 0 Å². The van der Waals surface area contributed by atoms with Gasteiger partial charge in [-0.15, -0.1) is 11.8 Å². The highest BCUT2D eigenvalue weighted by Gasteiger charge is 2.25. The number of H-pyrrole nitrogens is 1. The van der Waals surface area contributed by atoms with Gasteiger partial charge in [0.25, 0.3) is 0 Å². The van der Waals surface area contributed by atoms with Crippen molar-refractivity contribution in [2.24, 2.45) is 0 Å². The smallest absolute Gasteiger partial charge is 0.326 e. The molecule has 1 aromatic heterocycles. The lowest BCUT2D eigenvalue weighted by atomic mass is 10.0. The first-order valence-corrected chi connectivity index (χ1v) is 9.96. The van der Waals surface area contributed by atoms with E-state index in [1.807, 2.05) is 33.7 Å². The molecule has 0 spiro atoms. The van der Waals surface area contributed by atoms with E-state index in [2.05, 4.69) is 4.98 Å². The van der Waals surface area contributed by atoms with Crippen LogP contribution in [-0.2, 0) is 4.79 Å². The summed E-state index contributed by atoms with van der Waals surface area (Å²) in [7, 11) is 0. The third-order valence-electron chi connectivity index (χ3n) is 4.98. The molecule has 0 atom stereocenters. The quantitative estimate of drug-likeness (QED) is 0.700. The van der Waals surface area contributed by atoms with E-state index in [-0.39, 0.29) is 23.5 Å². The largest absolute Gasteiger partial charge is 0.342 e. The Morgan fingerprint density at radius 1 is 1.11 bits per heavy atom. The van der Waals surface area contributed by atoms with Gasteiger partial charge in [-0.3, -0.25) is 9.36 Å². The number of carbonyl (C=O) groups is 1. The van der Waals surface area contributed by atoms with E-state index >= 15 is 0 Å². The molecule has 4 rings (SSSR count). The molecule has 27 heavy (non-hydrogen) atoms. The van der Waals surface area contributed by atoms with E-state index < -0.39 is 0 Å². The molecule has 2 heterocycles. The second kappa shape index (κ2) is 7.60. The van der Waals surface area contributed by atoms with Gasteiger partial charge in [-0.05, 0) is 49.2 Å². The highest BCUT2D eigenvalue weighted by molar-refractivity contribution is 8.00. The molecule has 1 amide bonds. The Balaban J connectivity index is 1.37. The molecule has 3 aromatic rings. The van der Waals surface area contributed by atoms with Gasteiger partial charge in [0.05, 0.1) is 16.8 Å². The first-order valence-electron chi connectivity index (χ1n) is 8.97. The van der Waals surface area contributed by atoms with Gasteiger partial charge in [0.15, 0.2) is 0 Å². The third kappa shape index (κ3) is 3.78. The van der Waals surface area contributed by atoms with Gasteiger partial charge in [0.2, 0.25) is 5.91 Å². The number of nitrogens with zero attached hydrogens (tertiary/aromatic N) is 2. The molecule has 1 N–H and O–H groups in total. The number of hydrogen-bond acceptors (Lipinski definition) is 3. The van der Waals surface area contributed by atoms with Crippen molar-refractivity contribution in [1.29, 1.82) is 0 Å². The molecule has 0 bridgehead atoms. The standard InChI is InChI=1S/C20H20FN3O2S/c21-14-5-7-16(8-6-14)27-13-19(25)23-11-9-15(10-12-23)24-18-4-2-1-3-17(18)22-20(24)26/h1-8,15H,9-13H2,(H,22,26). The van der Waals surface area contributed by atoms with Crippen molar-refractivity contribution in [2.45, 2.75) is 23.8 Å². The molecule has 7 heteroatoms. The van der Waals surface area contributed by atoms with Crippen LogP contribution >= 0.6 is 11.8 Å². The molecule has 140 valence electrons. The number of carbonyl (C=O) groups excluding carboxylic acids is 1. The molecule has 0 aliphatic carbocycles. The van der Waals surface area contributed by atoms with E-state index in [4.69, 9.17) is 0 Å². The average Bonchev–Trinajstić information content (AvgIpc) is 3.03. The summed E-state index contributed by atoms with van der Waals surface area (Å²) in [6.07, 6.45) is 1.52. The van der Waals surface area contributed by atoms with Gasteiger partial charge in [0.1, 0.15) is 5.82 Å². The van der Waals surface area contributed by atoms with Crippen LogP contribution in [0.25, 0.3) is 11.0 Å². The van der Waals surface area contributed by atoms with E-state index in [9.17, 15) is 14.0 Å². The second-order valence-corrected chi connectivity index (χ2v) is 7.72. The van der Waals surface area contributed by atoms with Gasteiger partial charge in [-0.1, -0.05) is 12.1 Å². The van der Waals surface area contributed by atoms with Crippen LogP contribution < -0.4 is 5.69 Å². The summed E-state index contributed by atoms with van der Waals surface area (Å²) in [4.78, 5) is 30.4. The van der Waals surface area contributed by atoms with Crippen molar-refractivity contribution >= 4 is 28.7 Å². The molecule has 0 unspecified atom stereocenters. The minimum absolute atomic E-state index is 0.0778. The fraction of sp³-hybridized carbons (Fsp3) is 0.300. The molecule has 1 aliphatic rings. The first kappa shape index (κ1) is 17.9. The highest BCUT2D eigenvalue weighted by Crippen LogP contribution is 2.26. The van der Waals surface area contributed by atoms with Gasteiger partial charge in [-0.2, -0.15) is 0 Å². The summed E-state index contributed by atoms with van der Waals surface area (Å²) >= 11 is 1.42. The third-order valence-corrected chi connectivity index (χ3v) is 5.98. The maximum absolute atomic E-state index is 12.9. The number of thioether (sulfide) groups is 1. The predicted molar refractivity (Wildman–Crippen MR) is 105 cm³/mol. The van der Waals surface area contributed by atoms with Gasteiger partial charge in [0, 0.05) is 24.0 Å². The fourth-order valence-corrected chi connectivity index (χ4v) is 4.38. The van der Waals surface area contributed by atoms with Crippen molar-refractivity contribution in [3.05, 3.63) is 64.8 Å². The first-order chi connectivity index (χ1) is 13.1. The number of likely N-dealkylation sites (tertiary alicyclic amines) is 1. The molecule has 5 nitrogen and oxygen atoms in total. The Labute approximate surface area is 160 Å². The maximum Gasteiger partial charge on any atom is 0.326 e. The lowest BCUT2D eigenvalue weighted by Gasteiger charge is -2.32. The number of benzene rings is 2. The van der Waals surface area contributed by atoms with Crippen LogP contribution in [-0.4, -0.2) is 39.2 Å². The highest BCUT2D eigenvalue weighted by atomic mass is 32.2. The van der Waals surface area contributed by atoms with Crippen LogP contribution in [0.3, 0.4) is 0 Å². The normalized spacial score (nSPS) is 15.4. The van der Waals surface area contributed by atoms with Crippen molar-refractivity contribution in [1.82, 2.24) is 14.5 Å². The Morgan fingerprint density at radius 3 is 2.56 bits per heavy atom. The lowest BCUT2D eigenvalue weighted by Crippen LogP contribution is -2.41. The number of piperidine rings is 1. The number of fused-ring (bicyclic) bond motifs is 1. The van der Waals surface area contributed by atoms with Crippen LogP contribution in [0.5, 0.6) is 0 Å². The number of aromatic nitrogens is 2. The summed E-state index contributed by atoms with van der Waals surface area (Å²) in [5.74, 6) is 0.137. The maximum atomic E-state index is 12.9. The van der Waals surface area contributed by atoms with Gasteiger partial charge >= 0.3 is 5.69 Å². The number of nitrogens with one attached hydrogen (secondary N) is 1. The number of para-hydroxylation sites is 2. The van der Waals surface area contributed by atoms with E-state index in [0.717, 1.165) is 28.8 Å². The summed E-state index contributed by atoms with van der Waals surface area (Å²) < 4.78 is 14.8. The molecule has 2 aromatic carbocycles. The zero-order chi connectivity index (χ0) is 18.8. The lowest BCUT2D eigenvalue weighted by molar-refractivity contribution is -0.129. The molecule has 0 radical (unpaired) electrons. The predicted octanol–water partition coefficient (Wildman–Crippen LogP) is 3.42. The number of aromatic amines is 1. The Hall–Kier alpha value is -2.54. The zero-order valence-corrected chi connectivity index (χ0v) is 15.5. The fourth-order valence-electron chi connectivity index (χ4n) is 3.58. The SMILES string of the molecule is O=C(CSc1ccc(F)cc1)N1CCC(n2c(=O)[nH]c3ccccc32)CC1. The molecule has 1 saturated heterocycles. The van der Waals surface area contributed by atoms with Gasteiger partial charge < -0.3 is 9.88 Å². The number of rotatable bonds is 4. The van der Waals surface area contributed by atoms with Crippen LogP contribution in [0.4, 0.5) is 4.39 Å². The summed E-state index contributed by atoms with van der Waals surface area (Å²) in [6.45, 7) is 1.28. The molecule has 1 aliphatic heterocycles. The van der Waals surface area contributed by atoms with Crippen molar-refractivity contribution in [2.75, 3.05) is 18.8 Å². The van der Waals surface area contributed by atoms with E-state index in [1.54, 1.807) is 12.1 Å². The van der Waals surface area contributed by atoms with Gasteiger partial charge in [-0.25, -0.2) is 9.18 Å². The number of amides is 1. The molecule has 0 saturated carbocycles. The number of halogens is 1. The van der Waals surface area contributed by atoms with Crippen molar-refractivity contribution < 1.29 is 9.18 Å². The monoisotopic (exact) mass is 385 g/mol. The summed E-state index contributed by atoms with van der Waals surface area (Å²) in [6, 6.07) is 13.9. The van der Waals surface area contributed by atoms with Crippen LogP contribution in [0.2, 0.25) is 0 Å². The Morgan fingerprint density at radius 2 is 1.81 bits per heavy atom. The topological polar surface area (TPSA) is 58.1 Å². The second-order valence-electron chi connectivity index (χ2n) is 6.67. The van der Waals surface area contributed by atoms with Crippen molar-refractivity contribution in [3.63, 3.8) is 0 Å². The summed E-state index contributed by atoms with van der Waals surface area (Å²) in [5, 5.41) is 0. The minimum atomic E-state index is -0.278. The van der Waals surface area contributed by atoms with E-state index in [1.165, 1.54) is 23.9 Å². The van der Waals surface area contributed by atoms with E-state index in [0.29, 0.717) is 18.8 Å². The molecular weight excluding hydrogens is 365 g/mol. The number of imidazole rings is 1. The van der Waals surface area contributed by atoms with Crippen LogP contribution in [0.1, 0.15) is 18.9 Å². The Bertz CT molecular complexity index is 1000. The van der Waals surface area contributed by atoms with Crippen LogP contribution in [0.15, 0.2) is 58.2 Å². The molecule has 1 fully saturated rings. The Kier molecular flexibility index (Phi) is 5.03. The number of hydrogen-bond donors (Lipinski definition) is 1.